The summed E-state index contributed by atoms with van der Waals surface area (Å²) in [4.78, 5) is 26.9. The summed E-state index contributed by atoms with van der Waals surface area (Å²) in [7, 11) is 0. The van der Waals surface area contributed by atoms with Crippen molar-refractivity contribution < 1.29 is 14.5 Å². The highest BCUT2D eigenvalue weighted by atomic mass is 16.6. The van der Waals surface area contributed by atoms with E-state index in [1.54, 1.807) is 17.0 Å². The third kappa shape index (κ3) is 3.29. The number of non-ortho nitro benzene ring substituents is 1. The number of nitrogens with zero attached hydrogens (tertiary/aromatic N) is 3. The monoisotopic (exact) mass is 333 g/mol. The van der Waals surface area contributed by atoms with Gasteiger partial charge in [-0.1, -0.05) is 6.07 Å². The number of fused-ring (bicyclic) bond motifs is 2. The number of nitro groups is 1. The molecule has 0 aromatic heterocycles. The van der Waals surface area contributed by atoms with Crippen LogP contribution < -0.4 is 4.90 Å². The molecular weight excluding hydrogens is 310 g/mol. The normalized spacial score (nSPS) is 23.3. The van der Waals surface area contributed by atoms with Gasteiger partial charge in [-0.2, -0.15) is 0 Å². The summed E-state index contributed by atoms with van der Waals surface area (Å²) < 4.78 is 5.47. The number of amides is 1. The van der Waals surface area contributed by atoms with E-state index in [4.69, 9.17) is 4.74 Å². The largest absolute Gasteiger partial charge is 0.444 e. The fraction of sp³-hybridized carbons (Fsp3) is 0.588. The Morgan fingerprint density at radius 2 is 1.88 bits per heavy atom. The molecule has 130 valence electrons. The smallest absolute Gasteiger partial charge is 0.410 e. The lowest BCUT2D eigenvalue weighted by atomic mass is 10.1. The van der Waals surface area contributed by atoms with Crippen molar-refractivity contribution in [2.75, 3.05) is 18.0 Å². The Balaban J connectivity index is 1.76. The van der Waals surface area contributed by atoms with E-state index in [1.807, 2.05) is 26.8 Å². The van der Waals surface area contributed by atoms with Gasteiger partial charge in [0.1, 0.15) is 5.60 Å². The van der Waals surface area contributed by atoms with Gasteiger partial charge >= 0.3 is 6.09 Å². The summed E-state index contributed by atoms with van der Waals surface area (Å²) in [6.45, 7) is 6.76. The van der Waals surface area contributed by atoms with Crippen LogP contribution in [0.1, 0.15) is 33.6 Å². The van der Waals surface area contributed by atoms with Crippen molar-refractivity contribution in [1.82, 2.24) is 4.90 Å². The Kier molecular flexibility index (Phi) is 4.11. The van der Waals surface area contributed by atoms with Gasteiger partial charge in [0, 0.05) is 43.0 Å². The van der Waals surface area contributed by atoms with Crippen molar-refractivity contribution in [3.63, 3.8) is 0 Å². The van der Waals surface area contributed by atoms with Crippen LogP contribution in [0.4, 0.5) is 16.2 Å². The standard InChI is InChI=1S/C17H23N3O4/c1-17(2,3)24-16(21)18-10-14-7-8-15(11-18)19(14)12-5-4-6-13(9-12)20(22)23/h4-6,9,14-15H,7-8,10-11H2,1-3H3/t14-,15+. The molecule has 2 fully saturated rings. The zero-order valence-corrected chi connectivity index (χ0v) is 14.3. The van der Waals surface area contributed by atoms with E-state index < -0.39 is 5.60 Å². The van der Waals surface area contributed by atoms with Crippen LogP contribution in [0.25, 0.3) is 0 Å². The molecule has 0 N–H and O–H groups in total. The first kappa shape index (κ1) is 16.5. The lowest BCUT2D eigenvalue weighted by Gasteiger charge is -2.42. The number of anilines is 1. The van der Waals surface area contributed by atoms with Crippen LogP contribution in [0.15, 0.2) is 24.3 Å². The molecule has 2 aliphatic rings. The average molecular weight is 333 g/mol. The number of hydrogen-bond donors (Lipinski definition) is 0. The SMILES string of the molecule is CC(C)(C)OC(=O)N1C[C@H]2CC[C@@H](C1)N2c1cccc([N+](=O)[O-])c1. The van der Waals surface area contributed by atoms with Gasteiger partial charge in [0.25, 0.3) is 5.69 Å². The molecule has 0 spiro atoms. The molecule has 2 atom stereocenters. The molecule has 1 aromatic rings. The number of piperazine rings is 1. The lowest BCUT2D eigenvalue weighted by molar-refractivity contribution is -0.384. The van der Waals surface area contributed by atoms with Crippen LogP contribution in [0.3, 0.4) is 0 Å². The van der Waals surface area contributed by atoms with Crippen LogP contribution in [0, 0.1) is 10.1 Å². The zero-order valence-electron chi connectivity index (χ0n) is 14.3. The van der Waals surface area contributed by atoms with E-state index in [2.05, 4.69) is 4.90 Å². The van der Waals surface area contributed by atoms with Gasteiger partial charge < -0.3 is 14.5 Å². The van der Waals surface area contributed by atoms with E-state index >= 15 is 0 Å². The van der Waals surface area contributed by atoms with Crippen molar-refractivity contribution in [2.45, 2.75) is 51.3 Å². The number of ether oxygens (including phenoxy) is 1. The van der Waals surface area contributed by atoms with Crippen molar-refractivity contribution in [2.24, 2.45) is 0 Å². The van der Waals surface area contributed by atoms with Crippen LogP contribution >= 0.6 is 0 Å². The molecule has 2 saturated heterocycles. The minimum Gasteiger partial charge on any atom is -0.444 e. The van der Waals surface area contributed by atoms with Crippen molar-refractivity contribution in [3.05, 3.63) is 34.4 Å². The summed E-state index contributed by atoms with van der Waals surface area (Å²) in [6, 6.07) is 7.10. The number of likely N-dealkylation sites (tertiary alicyclic amines) is 1. The molecule has 3 rings (SSSR count). The Morgan fingerprint density at radius 1 is 1.25 bits per heavy atom. The van der Waals surface area contributed by atoms with Gasteiger partial charge in [0.05, 0.1) is 4.92 Å². The maximum atomic E-state index is 12.3. The maximum Gasteiger partial charge on any atom is 0.410 e. The predicted molar refractivity (Wildman–Crippen MR) is 90.2 cm³/mol. The average Bonchev–Trinajstić information content (AvgIpc) is 2.75. The summed E-state index contributed by atoms with van der Waals surface area (Å²) in [5, 5.41) is 11.0. The molecule has 0 saturated carbocycles. The second kappa shape index (κ2) is 5.96. The maximum absolute atomic E-state index is 12.3. The molecule has 0 radical (unpaired) electrons. The number of benzene rings is 1. The molecule has 0 unspecified atom stereocenters. The lowest BCUT2D eigenvalue weighted by Crippen LogP contribution is -2.56. The van der Waals surface area contributed by atoms with Crippen LogP contribution in [-0.4, -0.2) is 46.7 Å². The van der Waals surface area contributed by atoms with Crippen LogP contribution in [0.5, 0.6) is 0 Å². The topological polar surface area (TPSA) is 75.9 Å². The molecule has 2 bridgehead atoms. The number of nitro benzene ring substituents is 1. The van der Waals surface area contributed by atoms with Gasteiger partial charge in [-0.05, 0) is 39.7 Å². The zero-order chi connectivity index (χ0) is 17.5. The first-order valence-electron chi connectivity index (χ1n) is 8.25. The van der Waals surface area contributed by atoms with E-state index in [-0.39, 0.29) is 28.8 Å². The predicted octanol–water partition coefficient (Wildman–Crippen LogP) is 3.18. The molecule has 2 heterocycles. The third-order valence-corrected chi connectivity index (χ3v) is 4.47. The molecule has 24 heavy (non-hydrogen) atoms. The van der Waals surface area contributed by atoms with Gasteiger partial charge in [-0.15, -0.1) is 0 Å². The quantitative estimate of drug-likeness (QED) is 0.614. The molecule has 0 aliphatic carbocycles. The van der Waals surface area contributed by atoms with Crippen molar-refractivity contribution in [3.8, 4) is 0 Å². The minimum absolute atomic E-state index is 0.0986. The highest BCUT2D eigenvalue weighted by molar-refractivity contribution is 5.69. The van der Waals surface area contributed by atoms with Gasteiger partial charge in [0.2, 0.25) is 0 Å². The number of carbonyl (C=O) groups excluding carboxylic acids is 1. The Bertz CT molecular complexity index is 641. The van der Waals surface area contributed by atoms with Crippen molar-refractivity contribution >= 4 is 17.5 Å². The van der Waals surface area contributed by atoms with Gasteiger partial charge in [-0.3, -0.25) is 10.1 Å². The summed E-state index contributed by atoms with van der Waals surface area (Å²) in [5.74, 6) is 0. The highest BCUT2D eigenvalue weighted by Gasteiger charge is 2.42. The van der Waals surface area contributed by atoms with Gasteiger partial charge in [0.15, 0.2) is 0 Å². The fourth-order valence-corrected chi connectivity index (χ4v) is 3.57. The molecule has 7 nitrogen and oxygen atoms in total. The number of rotatable bonds is 2. The van der Waals surface area contributed by atoms with E-state index in [1.165, 1.54) is 6.07 Å². The summed E-state index contributed by atoms with van der Waals surface area (Å²) in [5.41, 5.74) is 0.454. The second-order valence-corrected chi connectivity index (χ2v) is 7.45. The Hall–Kier alpha value is -2.31. The van der Waals surface area contributed by atoms with E-state index in [9.17, 15) is 14.9 Å². The summed E-state index contributed by atoms with van der Waals surface area (Å²) >= 11 is 0. The minimum atomic E-state index is -0.507. The molecule has 1 aromatic carbocycles. The Labute approximate surface area is 141 Å². The number of hydrogen-bond acceptors (Lipinski definition) is 5. The highest BCUT2D eigenvalue weighted by Crippen LogP contribution is 2.36. The third-order valence-electron chi connectivity index (χ3n) is 4.47. The second-order valence-electron chi connectivity index (χ2n) is 7.45. The van der Waals surface area contributed by atoms with Crippen molar-refractivity contribution in [1.29, 1.82) is 0 Å². The van der Waals surface area contributed by atoms with E-state index in [0.29, 0.717) is 13.1 Å². The molecule has 1 amide bonds. The molecule has 7 heteroatoms. The Morgan fingerprint density at radius 3 is 2.42 bits per heavy atom. The molecular formula is C17H23N3O4. The fourth-order valence-electron chi connectivity index (χ4n) is 3.57. The van der Waals surface area contributed by atoms with E-state index in [0.717, 1.165) is 18.5 Å². The number of carbonyl (C=O) groups is 1. The van der Waals surface area contributed by atoms with Gasteiger partial charge in [-0.25, -0.2) is 4.79 Å². The first-order valence-corrected chi connectivity index (χ1v) is 8.25. The summed E-state index contributed by atoms with van der Waals surface area (Å²) in [6.07, 6.45) is 1.68. The molecule has 2 aliphatic heterocycles. The van der Waals surface area contributed by atoms with Crippen LogP contribution in [0.2, 0.25) is 0 Å². The first-order chi connectivity index (χ1) is 11.2. The van der Waals surface area contributed by atoms with Crippen LogP contribution in [-0.2, 0) is 4.74 Å².